The summed E-state index contributed by atoms with van der Waals surface area (Å²) in [7, 11) is 0. The molecule has 2 rings (SSSR count). The number of esters is 1. The number of carbonyl (C=O) groups excluding carboxylic acids is 3. The summed E-state index contributed by atoms with van der Waals surface area (Å²) < 4.78 is 4.76. The number of carbonyl (C=O) groups is 3. The Bertz CT molecular complexity index is 416. The maximum Gasteiger partial charge on any atom is 0.326 e. The maximum atomic E-state index is 12.1. The summed E-state index contributed by atoms with van der Waals surface area (Å²) in [6.45, 7) is 4.85. The molecule has 1 unspecified atom stereocenters. The average Bonchev–Trinajstić information content (AvgIpc) is 3.13. The highest BCUT2D eigenvalue weighted by Crippen LogP contribution is 2.42. The fourth-order valence-electron chi connectivity index (χ4n) is 2.12. The molecular weight excluding hydrogens is 236 g/mol. The molecule has 1 saturated heterocycles. The zero-order chi connectivity index (χ0) is 13.3. The summed E-state index contributed by atoms with van der Waals surface area (Å²) >= 11 is 0. The van der Waals surface area contributed by atoms with E-state index < -0.39 is 17.5 Å². The largest absolute Gasteiger partial charge is 0.460 e. The number of imide groups is 1. The molecule has 2 fully saturated rings. The smallest absolute Gasteiger partial charge is 0.326 e. The fourth-order valence-corrected chi connectivity index (χ4v) is 2.12. The van der Waals surface area contributed by atoms with E-state index in [4.69, 9.17) is 4.74 Å². The Morgan fingerprint density at radius 2 is 2.28 bits per heavy atom. The summed E-state index contributed by atoms with van der Waals surface area (Å²) in [6, 6.07) is -0.523. The van der Waals surface area contributed by atoms with Crippen LogP contribution in [0.3, 0.4) is 0 Å². The van der Waals surface area contributed by atoms with E-state index in [9.17, 15) is 14.4 Å². The standard InChI is InChI=1S/C12H16N2O4/c1-3-6-18-9(15)7-14-10(16)12(2,8-4-5-8)13-11(14)17/h3,8H,1,4-7H2,2H3,(H,13,17). The average molecular weight is 252 g/mol. The number of hydrogen-bond donors (Lipinski definition) is 1. The lowest BCUT2D eigenvalue weighted by atomic mass is 9.96. The second-order valence-electron chi connectivity index (χ2n) is 4.77. The molecule has 0 bridgehead atoms. The lowest BCUT2D eigenvalue weighted by Gasteiger charge is -2.20. The highest BCUT2D eigenvalue weighted by molar-refractivity contribution is 6.08. The molecule has 1 N–H and O–H groups in total. The Morgan fingerprint density at radius 1 is 1.61 bits per heavy atom. The summed E-state index contributed by atoms with van der Waals surface area (Å²) in [6.07, 6.45) is 3.28. The normalized spacial score (nSPS) is 27.1. The van der Waals surface area contributed by atoms with Gasteiger partial charge in [0, 0.05) is 0 Å². The van der Waals surface area contributed by atoms with Crippen molar-refractivity contribution in [1.82, 2.24) is 10.2 Å². The first-order valence-corrected chi connectivity index (χ1v) is 5.89. The monoisotopic (exact) mass is 252 g/mol. The van der Waals surface area contributed by atoms with Crippen molar-refractivity contribution in [3.05, 3.63) is 12.7 Å². The third kappa shape index (κ3) is 2.10. The van der Waals surface area contributed by atoms with Crippen molar-refractivity contribution >= 4 is 17.9 Å². The van der Waals surface area contributed by atoms with Gasteiger partial charge >= 0.3 is 12.0 Å². The van der Waals surface area contributed by atoms with Crippen LogP contribution in [0.15, 0.2) is 12.7 Å². The van der Waals surface area contributed by atoms with Gasteiger partial charge in [0.05, 0.1) is 0 Å². The minimum Gasteiger partial charge on any atom is -0.460 e. The van der Waals surface area contributed by atoms with Crippen molar-refractivity contribution in [2.24, 2.45) is 5.92 Å². The van der Waals surface area contributed by atoms with Crippen LogP contribution < -0.4 is 5.32 Å². The number of urea groups is 1. The van der Waals surface area contributed by atoms with Crippen molar-refractivity contribution < 1.29 is 19.1 Å². The van der Waals surface area contributed by atoms with Gasteiger partial charge < -0.3 is 10.1 Å². The molecule has 0 radical (unpaired) electrons. The van der Waals surface area contributed by atoms with E-state index in [-0.39, 0.29) is 25.0 Å². The molecular formula is C12H16N2O4. The van der Waals surface area contributed by atoms with E-state index in [1.54, 1.807) is 6.92 Å². The number of nitrogens with zero attached hydrogens (tertiary/aromatic N) is 1. The quantitative estimate of drug-likeness (QED) is 0.437. The van der Waals surface area contributed by atoms with Gasteiger partial charge in [0.2, 0.25) is 0 Å². The summed E-state index contributed by atoms with van der Waals surface area (Å²) in [5.41, 5.74) is -0.851. The Hall–Kier alpha value is -1.85. The van der Waals surface area contributed by atoms with Gasteiger partial charge in [-0.3, -0.25) is 14.5 Å². The van der Waals surface area contributed by atoms with Gasteiger partial charge in [-0.05, 0) is 25.7 Å². The fraction of sp³-hybridized carbons (Fsp3) is 0.583. The molecule has 1 atom stereocenters. The first kappa shape index (κ1) is 12.6. The number of rotatable bonds is 5. The van der Waals surface area contributed by atoms with E-state index in [2.05, 4.69) is 11.9 Å². The van der Waals surface area contributed by atoms with Gasteiger partial charge in [-0.1, -0.05) is 12.7 Å². The molecule has 0 spiro atoms. The van der Waals surface area contributed by atoms with E-state index in [0.717, 1.165) is 17.7 Å². The van der Waals surface area contributed by atoms with Crippen LogP contribution in [-0.4, -0.2) is 41.5 Å². The van der Waals surface area contributed by atoms with Crippen molar-refractivity contribution in [3.8, 4) is 0 Å². The molecule has 6 nitrogen and oxygen atoms in total. The first-order valence-electron chi connectivity index (χ1n) is 5.89. The number of hydrogen-bond acceptors (Lipinski definition) is 4. The van der Waals surface area contributed by atoms with Gasteiger partial charge in [0.25, 0.3) is 5.91 Å². The molecule has 1 aliphatic carbocycles. The highest BCUT2D eigenvalue weighted by Gasteiger charge is 2.56. The molecule has 1 saturated carbocycles. The molecule has 1 aliphatic heterocycles. The first-order chi connectivity index (χ1) is 8.49. The molecule has 6 heteroatoms. The SMILES string of the molecule is C=CCOC(=O)CN1C(=O)NC(C)(C2CC2)C1=O. The minimum absolute atomic E-state index is 0.0718. The predicted octanol–water partition coefficient (Wildman–Crippen LogP) is 0.436. The molecule has 0 aromatic heterocycles. The van der Waals surface area contributed by atoms with Crippen LogP contribution in [0.4, 0.5) is 4.79 Å². The second kappa shape index (κ2) is 4.44. The van der Waals surface area contributed by atoms with Crippen molar-refractivity contribution in [2.75, 3.05) is 13.2 Å². The van der Waals surface area contributed by atoms with Crippen molar-refractivity contribution in [3.63, 3.8) is 0 Å². The molecule has 18 heavy (non-hydrogen) atoms. The number of amides is 3. The van der Waals surface area contributed by atoms with Crippen LogP contribution in [-0.2, 0) is 14.3 Å². The zero-order valence-electron chi connectivity index (χ0n) is 10.3. The van der Waals surface area contributed by atoms with Gasteiger partial charge in [-0.2, -0.15) is 0 Å². The van der Waals surface area contributed by atoms with Crippen LogP contribution >= 0.6 is 0 Å². The lowest BCUT2D eigenvalue weighted by molar-refractivity contribution is -0.146. The van der Waals surface area contributed by atoms with Gasteiger partial charge in [0.15, 0.2) is 0 Å². The topological polar surface area (TPSA) is 75.7 Å². The summed E-state index contributed by atoms with van der Waals surface area (Å²) in [4.78, 5) is 36.2. The van der Waals surface area contributed by atoms with Crippen LogP contribution in [0.2, 0.25) is 0 Å². The third-order valence-electron chi connectivity index (χ3n) is 3.34. The molecule has 1 heterocycles. The highest BCUT2D eigenvalue weighted by atomic mass is 16.5. The lowest BCUT2D eigenvalue weighted by Crippen LogP contribution is -2.46. The van der Waals surface area contributed by atoms with Crippen LogP contribution in [0.25, 0.3) is 0 Å². The maximum absolute atomic E-state index is 12.1. The molecule has 0 aromatic carbocycles. The molecule has 3 amide bonds. The summed E-state index contributed by atoms with van der Waals surface area (Å²) in [5, 5.41) is 2.66. The van der Waals surface area contributed by atoms with Gasteiger partial charge in [-0.25, -0.2) is 4.79 Å². The van der Waals surface area contributed by atoms with Crippen LogP contribution in [0.1, 0.15) is 19.8 Å². The van der Waals surface area contributed by atoms with Crippen molar-refractivity contribution in [2.45, 2.75) is 25.3 Å². The van der Waals surface area contributed by atoms with Crippen LogP contribution in [0.5, 0.6) is 0 Å². The molecule has 2 aliphatic rings. The van der Waals surface area contributed by atoms with E-state index >= 15 is 0 Å². The minimum atomic E-state index is -0.851. The predicted molar refractivity (Wildman–Crippen MR) is 62.5 cm³/mol. The van der Waals surface area contributed by atoms with E-state index in [1.165, 1.54) is 6.08 Å². The number of ether oxygens (including phenoxy) is 1. The summed E-state index contributed by atoms with van der Waals surface area (Å²) in [5.74, 6) is -0.771. The van der Waals surface area contributed by atoms with E-state index in [1.807, 2.05) is 0 Å². The number of nitrogens with one attached hydrogen (secondary N) is 1. The zero-order valence-corrected chi connectivity index (χ0v) is 10.3. The van der Waals surface area contributed by atoms with Crippen molar-refractivity contribution in [1.29, 1.82) is 0 Å². The van der Waals surface area contributed by atoms with Gasteiger partial charge in [-0.15, -0.1) is 0 Å². The van der Waals surface area contributed by atoms with Gasteiger partial charge in [0.1, 0.15) is 18.7 Å². The Balaban J connectivity index is 2.01. The Morgan fingerprint density at radius 3 is 2.83 bits per heavy atom. The second-order valence-corrected chi connectivity index (χ2v) is 4.77. The third-order valence-corrected chi connectivity index (χ3v) is 3.34. The Labute approximate surface area is 105 Å². The van der Waals surface area contributed by atoms with E-state index in [0.29, 0.717) is 0 Å². The molecule has 0 aromatic rings. The molecule has 98 valence electrons. The Kier molecular flexibility index (Phi) is 3.11. The van der Waals surface area contributed by atoms with Crippen LogP contribution in [0, 0.1) is 5.92 Å².